The molecule has 4 heteroatoms. The Morgan fingerprint density at radius 3 is 2.67 bits per heavy atom. The van der Waals surface area contributed by atoms with Crippen LogP contribution in [0, 0.1) is 0 Å². The summed E-state index contributed by atoms with van der Waals surface area (Å²) in [6.45, 7) is 5.03. The average molecular weight is 264 g/mol. The molecule has 0 fully saturated rings. The second kappa shape index (κ2) is 5.55. The Balaban J connectivity index is 2.19. The number of hydrogen-bond acceptors (Lipinski definition) is 2. The van der Waals surface area contributed by atoms with Crippen LogP contribution < -0.4 is 5.32 Å². The SMILES string of the molecule is CC(C)NCc1ccc(-c2ccn(C)n2)cc1Cl. The second-order valence-electron chi connectivity index (χ2n) is 4.72. The van der Waals surface area contributed by atoms with Crippen molar-refractivity contribution in [3.8, 4) is 11.3 Å². The Kier molecular flexibility index (Phi) is 4.04. The molecule has 0 aliphatic heterocycles. The summed E-state index contributed by atoms with van der Waals surface area (Å²) in [6.07, 6.45) is 1.93. The fourth-order valence-electron chi connectivity index (χ4n) is 1.73. The summed E-state index contributed by atoms with van der Waals surface area (Å²) in [7, 11) is 1.91. The van der Waals surface area contributed by atoms with Gasteiger partial charge in [0.25, 0.3) is 0 Å². The number of benzene rings is 1. The first-order valence-electron chi connectivity index (χ1n) is 6.08. The third-order valence-electron chi connectivity index (χ3n) is 2.76. The maximum absolute atomic E-state index is 6.29. The van der Waals surface area contributed by atoms with E-state index in [2.05, 4.69) is 36.4 Å². The minimum absolute atomic E-state index is 0.455. The van der Waals surface area contributed by atoms with E-state index in [1.807, 2.05) is 25.4 Å². The number of aryl methyl sites for hydroxylation is 1. The molecule has 3 nitrogen and oxygen atoms in total. The third-order valence-corrected chi connectivity index (χ3v) is 3.12. The van der Waals surface area contributed by atoms with E-state index in [1.165, 1.54) is 0 Å². The number of nitrogens with zero attached hydrogens (tertiary/aromatic N) is 2. The highest BCUT2D eigenvalue weighted by molar-refractivity contribution is 6.31. The zero-order chi connectivity index (χ0) is 13.1. The van der Waals surface area contributed by atoms with Gasteiger partial charge in [0.1, 0.15) is 0 Å². The van der Waals surface area contributed by atoms with E-state index in [1.54, 1.807) is 4.68 Å². The van der Waals surface area contributed by atoms with Gasteiger partial charge >= 0.3 is 0 Å². The summed E-state index contributed by atoms with van der Waals surface area (Å²) in [4.78, 5) is 0. The van der Waals surface area contributed by atoms with E-state index in [9.17, 15) is 0 Å². The summed E-state index contributed by atoms with van der Waals surface area (Å²) in [5.74, 6) is 0. The first-order chi connectivity index (χ1) is 8.56. The van der Waals surface area contributed by atoms with Crippen molar-refractivity contribution in [1.82, 2.24) is 15.1 Å². The molecule has 0 saturated heterocycles. The minimum Gasteiger partial charge on any atom is -0.310 e. The highest BCUT2D eigenvalue weighted by Gasteiger charge is 2.06. The van der Waals surface area contributed by atoms with Gasteiger partial charge in [-0.2, -0.15) is 5.10 Å². The van der Waals surface area contributed by atoms with Crippen LogP contribution in [0.2, 0.25) is 5.02 Å². The fourth-order valence-corrected chi connectivity index (χ4v) is 1.98. The molecule has 0 unspecified atom stereocenters. The third kappa shape index (κ3) is 3.12. The molecule has 0 saturated carbocycles. The molecular weight excluding hydrogens is 246 g/mol. The molecule has 0 bridgehead atoms. The van der Waals surface area contributed by atoms with Gasteiger partial charge in [-0.1, -0.05) is 37.6 Å². The van der Waals surface area contributed by atoms with E-state index >= 15 is 0 Å². The molecule has 0 aliphatic rings. The van der Waals surface area contributed by atoms with Gasteiger partial charge in [-0.3, -0.25) is 4.68 Å². The summed E-state index contributed by atoms with van der Waals surface area (Å²) in [6, 6.07) is 8.53. The van der Waals surface area contributed by atoms with Crippen LogP contribution in [0.25, 0.3) is 11.3 Å². The lowest BCUT2D eigenvalue weighted by molar-refractivity contribution is 0.589. The molecular formula is C14H18ClN3. The molecule has 1 N–H and O–H groups in total. The van der Waals surface area contributed by atoms with Crippen LogP contribution in [-0.2, 0) is 13.6 Å². The molecule has 0 radical (unpaired) electrons. The molecule has 18 heavy (non-hydrogen) atoms. The van der Waals surface area contributed by atoms with Gasteiger partial charge < -0.3 is 5.32 Å². The molecule has 1 heterocycles. The van der Waals surface area contributed by atoms with Crippen LogP contribution in [-0.4, -0.2) is 15.8 Å². The topological polar surface area (TPSA) is 29.9 Å². The van der Waals surface area contributed by atoms with Crippen molar-refractivity contribution >= 4 is 11.6 Å². The lowest BCUT2D eigenvalue weighted by Gasteiger charge is -2.10. The lowest BCUT2D eigenvalue weighted by atomic mass is 10.1. The first-order valence-corrected chi connectivity index (χ1v) is 6.46. The second-order valence-corrected chi connectivity index (χ2v) is 5.12. The molecule has 0 atom stereocenters. The zero-order valence-electron chi connectivity index (χ0n) is 10.9. The molecule has 1 aromatic heterocycles. The number of rotatable bonds is 4. The number of hydrogen-bond donors (Lipinski definition) is 1. The van der Waals surface area contributed by atoms with Gasteiger partial charge in [-0.25, -0.2) is 0 Å². The van der Waals surface area contributed by atoms with Crippen LogP contribution in [0.5, 0.6) is 0 Å². The highest BCUT2D eigenvalue weighted by atomic mass is 35.5. The zero-order valence-corrected chi connectivity index (χ0v) is 11.7. The molecule has 1 aromatic carbocycles. The van der Waals surface area contributed by atoms with E-state index in [0.29, 0.717) is 6.04 Å². The normalized spacial score (nSPS) is 11.2. The van der Waals surface area contributed by atoms with Crippen molar-refractivity contribution in [2.45, 2.75) is 26.4 Å². The molecule has 0 spiro atoms. The van der Waals surface area contributed by atoms with Crippen molar-refractivity contribution in [1.29, 1.82) is 0 Å². The maximum atomic E-state index is 6.29. The average Bonchev–Trinajstić information content (AvgIpc) is 2.74. The number of aromatic nitrogens is 2. The Hall–Kier alpha value is -1.32. The van der Waals surface area contributed by atoms with Crippen molar-refractivity contribution in [3.63, 3.8) is 0 Å². The van der Waals surface area contributed by atoms with Crippen LogP contribution in [0.3, 0.4) is 0 Å². The van der Waals surface area contributed by atoms with Crippen LogP contribution in [0.4, 0.5) is 0 Å². The van der Waals surface area contributed by atoms with Gasteiger partial charge in [0.15, 0.2) is 0 Å². The van der Waals surface area contributed by atoms with Crippen LogP contribution >= 0.6 is 11.6 Å². The van der Waals surface area contributed by atoms with Gasteiger partial charge in [-0.15, -0.1) is 0 Å². The van der Waals surface area contributed by atoms with Gasteiger partial charge in [0.05, 0.1) is 5.69 Å². The Morgan fingerprint density at radius 1 is 1.33 bits per heavy atom. The summed E-state index contributed by atoms with van der Waals surface area (Å²) in [5.41, 5.74) is 3.11. The number of halogens is 1. The van der Waals surface area contributed by atoms with E-state index in [0.717, 1.165) is 28.4 Å². The molecule has 0 amide bonds. The Morgan fingerprint density at radius 2 is 2.11 bits per heavy atom. The molecule has 96 valence electrons. The largest absolute Gasteiger partial charge is 0.310 e. The fraction of sp³-hybridized carbons (Fsp3) is 0.357. The summed E-state index contributed by atoms with van der Waals surface area (Å²) >= 11 is 6.29. The van der Waals surface area contributed by atoms with Crippen molar-refractivity contribution in [3.05, 3.63) is 41.0 Å². The lowest BCUT2D eigenvalue weighted by Crippen LogP contribution is -2.21. The predicted molar refractivity (Wildman–Crippen MR) is 75.6 cm³/mol. The molecule has 0 aliphatic carbocycles. The molecule has 2 rings (SSSR count). The van der Waals surface area contributed by atoms with Crippen molar-refractivity contribution < 1.29 is 0 Å². The summed E-state index contributed by atoms with van der Waals surface area (Å²) in [5, 5.41) is 8.51. The van der Waals surface area contributed by atoms with Crippen molar-refractivity contribution in [2.24, 2.45) is 7.05 Å². The smallest absolute Gasteiger partial charge is 0.0923 e. The van der Waals surface area contributed by atoms with Crippen LogP contribution in [0.15, 0.2) is 30.5 Å². The quantitative estimate of drug-likeness (QED) is 0.918. The van der Waals surface area contributed by atoms with E-state index < -0.39 is 0 Å². The standard InChI is InChI=1S/C14H18ClN3/c1-10(2)16-9-12-5-4-11(8-13(12)15)14-6-7-18(3)17-14/h4-8,10,16H,9H2,1-3H3. The predicted octanol–water partition coefficient (Wildman–Crippen LogP) is 3.24. The van der Waals surface area contributed by atoms with E-state index in [-0.39, 0.29) is 0 Å². The maximum Gasteiger partial charge on any atom is 0.0923 e. The Bertz CT molecular complexity index is 532. The minimum atomic E-state index is 0.455. The van der Waals surface area contributed by atoms with Gasteiger partial charge in [-0.05, 0) is 17.7 Å². The van der Waals surface area contributed by atoms with E-state index in [4.69, 9.17) is 11.6 Å². The van der Waals surface area contributed by atoms with Crippen molar-refractivity contribution in [2.75, 3.05) is 0 Å². The van der Waals surface area contributed by atoms with Gasteiger partial charge in [0.2, 0.25) is 0 Å². The number of nitrogens with one attached hydrogen (secondary N) is 1. The monoisotopic (exact) mass is 263 g/mol. The Labute approximate surface area is 113 Å². The molecule has 2 aromatic rings. The first kappa shape index (κ1) is 13.1. The highest BCUT2D eigenvalue weighted by Crippen LogP contribution is 2.24. The van der Waals surface area contributed by atoms with Crippen LogP contribution in [0.1, 0.15) is 19.4 Å². The summed E-state index contributed by atoms with van der Waals surface area (Å²) < 4.78 is 1.79. The van der Waals surface area contributed by atoms with Gasteiger partial charge in [0, 0.05) is 36.4 Å².